The number of halogens is 4. The van der Waals surface area contributed by atoms with Gasteiger partial charge in [0, 0.05) is 5.56 Å². The first-order valence-corrected chi connectivity index (χ1v) is 6.25. The van der Waals surface area contributed by atoms with Crippen molar-refractivity contribution in [3.8, 4) is 16.9 Å². The summed E-state index contributed by atoms with van der Waals surface area (Å²) in [6, 6.07) is 10.8. The molecule has 5 heteroatoms. The minimum absolute atomic E-state index is 0.186. The molecule has 0 spiro atoms. The van der Waals surface area contributed by atoms with Gasteiger partial charge < -0.3 is 4.74 Å². The zero-order valence-electron chi connectivity index (χ0n) is 10.7. The zero-order valence-corrected chi connectivity index (χ0v) is 10.7. The number of hydrogen-bond donors (Lipinski definition) is 0. The van der Waals surface area contributed by atoms with Gasteiger partial charge in [0.2, 0.25) is 6.10 Å². The average molecular weight is 294 g/mol. The molecule has 1 atom stereocenters. The topological polar surface area (TPSA) is 9.23 Å². The van der Waals surface area contributed by atoms with E-state index in [1.54, 1.807) is 24.3 Å². The van der Waals surface area contributed by atoms with E-state index in [9.17, 15) is 17.6 Å². The molecule has 0 aliphatic carbocycles. The maximum atomic E-state index is 12.9. The lowest BCUT2D eigenvalue weighted by Crippen LogP contribution is -2.33. The number of rotatable bonds is 1. The van der Waals surface area contributed by atoms with Crippen molar-refractivity contribution in [2.45, 2.75) is 12.3 Å². The van der Waals surface area contributed by atoms with Crippen molar-refractivity contribution >= 4 is 6.08 Å². The molecule has 0 radical (unpaired) electrons. The number of ether oxygens (including phenoxy) is 1. The van der Waals surface area contributed by atoms with Crippen LogP contribution in [0.3, 0.4) is 0 Å². The van der Waals surface area contributed by atoms with E-state index in [1.165, 1.54) is 24.3 Å². The fourth-order valence-electron chi connectivity index (χ4n) is 2.15. The Bertz CT molecular complexity index is 686. The summed E-state index contributed by atoms with van der Waals surface area (Å²) in [5.74, 6) is -0.154. The van der Waals surface area contributed by atoms with Crippen LogP contribution in [0.25, 0.3) is 17.2 Å². The lowest BCUT2D eigenvalue weighted by molar-refractivity contribution is -0.180. The first-order valence-electron chi connectivity index (χ1n) is 6.25. The molecule has 2 aromatic rings. The largest absolute Gasteiger partial charge is 0.476 e. The van der Waals surface area contributed by atoms with Crippen LogP contribution < -0.4 is 4.74 Å². The van der Waals surface area contributed by atoms with Gasteiger partial charge in [-0.25, -0.2) is 4.39 Å². The Kier molecular flexibility index (Phi) is 3.20. The second-order valence-electron chi connectivity index (χ2n) is 4.70. The standard InChI is InChI=1S/C16H10F4O/c17-13-5-1-10(2-6-13)11-3-7-14-12(9-11)4-8-15(21-14)16(18,19)20/h1-9,15H. The van der Waals surface area contributed by atoms with Crippen LogP contribution in [0, 0.1) is 5.82 Å². The summed E-state index contributed by atoms with van der Waals surface area (Å²) in [6.07, 6.45) is -3.97. The molecular formula is C16H10F4O. The summed E-state index contributed by atoms with van der Waals surface area (Å²) in [5, 5.41) is 0. The Labute approximate surface area is 118 Å². The summed E-state index contributed by atoms with van der Waals surface area (Å²) in [5.41, 5.74) is 2.13. The molecule has 0 N–H and O–H groups in total. The Morgan fingerprint density at radius 1 is 0.905 bits per heavy atom. The van der Waals surface area contributed by atoms with E-state index < -0.39 is 12.3 Å². The number of alkyl halides is 3. The molecule has 0 aromatic heterocycles. The van der Waals surface area contributed by atoms with Gasteiger partial charge in [0.1, 0.15) is 11.6 Å². The van der Waals surface area contributed by atoms with Gasteiger partial charge >= 0.3 is 6.18 Å². The number of hydrogen-bond acceptors (Lipinski definition) is 1. The highest BCUT2D eigenvalue weighted by Gasteiger charge is 2.41. The highest BCUT2D eigenvalue weighted by molar-refractivity contribution is 5.71. The molecular weight excluding hydrogens is 284 g/mol. The van der Waals surface area contributed by atoms with Crippen LogP contribution in [-0.4, -0.2) is 12.3 Å². The van der Waals surface area contributed by atoms with Gasteiger partial charge in [0.25, 0.3) is 0 Å². The zero-order chi connectivity index (χ0) is 15.0. The van der Waals surface area contributed by atoms with Crippen molar-refractivity contribution in [1.29, 1.82) is 0 Å². The summed E-state index contributed by atoms with van der Waals surface area (Å²) in [7, 11) is 0. The van der Waals surface area contributed by atoms with Crippen LogP contribution in [0.15, 0.2) is 48.5 Å². The SMILES string of the molecule is Fc1ccc(-c2ccc3c(c2)C=CC(C(F)(F)F)O3)cc1. The molecule has 0 saturated heterocycles. The molecule has 1 aliphatic heterocycles. The maximum absolute atomic E-state index is 12.9. The normalized spacial score (nSPS) is 17.2. The van der Waals surface area contributed by atoms with Gasteiger partial charge in [-0.2, -0.15) is 13.2 Å². The van der Waals surface area contributed by atoms with E-state index >= 15 is 0 Å². The molecule has 1 unspecified atom stereocenters. The molecule has 0 saturated carbocycles. The predicted octanol–water partition coefficient (Wildman–Crippen LogP) is 4.83. The molecule has 3 rings (SSSR count). The van der Waals surface area contributed by atoms with Crippen molar-refractivity contribution in [2.75, 3.05) is 0 Å². The first-order chi connectivity index (χ1) is 9.93. The van der Waals surface area contributed by atoms with Crippen molar-refractivity contribution in [3.05, 3.63) is 59.9 Å². The molecule has 1 nitrogen and oxygen atoms in total. The van der Waals surface area contributed by atoms with Crippen molar-refractivity contribution in [2.24, 2.45) is 0 Å². The van der Waals surface area contributed by atoms with Gasteiger partial charge in [-0.3, -0.25) is 0 Å². The van der Waals surface area contributed by atoms with Gasteiger partial charge in [-0.05, 0) is 41.5 Å². The Morgan fingerprint density at radius 3 is 2.24 bits per heavy atom. The third-order valence-corrected chi connectivity index (χ3v) is 3.21. The smallest absolute Gasteiger partial charge is 0.429 e. The van der Waals surface area contributed by atoms with Gasteiger partial charge in [0.05, 0.1) is 0 Å². The molecule has 0 fully saturated rings. The van der Waals surface area contributed by atoms with Crippen molar-refractivity contribution in [1.82, 2.24) is 0 Å². The average Bonchev–Trinajstić information content (AvgIpc) is 2.46. The lowest BCUT2D eigenvalue weighted by atomic mass is 10.0. The number of fused-ring (bicyclic) bond motifs is 1. The molecule has 1 heterocycles. The van der Waals surface area contributed by atoms with Crippen LogP contribution in [0.2, 0.25) is 0 Å². The van der Waals surface area contributed by atoms with E-state index in [1.807, 2.05) is 0 Å². The maximum Gasteiger partial charge on any atom is 0.429 e. The minimum Gasteiger partial charge on any atom is -0.476 e. The first kappa shape index (κ1) is 13.7. The van der Waals surface area contributed by atoms with Gasteiger partial charge in [0.15, 0.2) is 0 Å². The van der Waals surface area contributed by atoms with E-state index in [2.05, 4.69) is 0 Å². The second kappa shape index (κ2) is 4.91. The van der Waals surface area contributed by atoms with E-state index in [4.69, 9.17) is 4.74 Å². The van der Waals surface area contributed by atoms with Gasteiger partial charge in [-0.15, -0.1) is 0 Å². The summed E-state index contributed by atoms with van der Waals surface area (Å²) in [6.45, 7) is 0. The van der Waals surface area contributed by atoms with E-state index in [0.29, 0.717) is 5.56 Å². The Hall–Kier alpha value is -2.30. The molecule has 0 amide bonds. The molecule has 0 bridgehead atoms. The van der Waals surface area contributed by atoms with Crippen LogP contribution in [-0.2, 0) is 0 Å². The van der Waals surface area contributed by atoms with Crippen LogP contribution in [0.1, 0.15) is 5.56 Å². The predicted molar refractivity (Wildman–Crippen MR) is 71.3 cm³/mol. The van der Waals surface area contributed by atoms with Crippen LogP contribution >= 0.6 is 0 Å². The highest BCUT2D eigenvalue weighted by atomic mass is 19.4. The third kappa shape index (κ3) is 2.77. The van der Waals surface area contributed by atoms with Crippen LogP contribution in [0.4, 0.5) is 17.6 Å². The third-order valence-electron chi connectivity index (χ3n) is 3.21. The molecule has 21 heavy (non-hydrogen) atoms. The van der Waals surface area contributed by atoms with Crippen LogP contribution in [0.5, 0.6) is 5.75 Å². The summed E-state index contributed by atoms with van der Waals surface area (Å²) < 4.78 is 55.6. The monoisotopic (exact) mass is 294 g/mol. The highest BCUT2D eigenvalue weighted by Crippen LogP contribution is 2.35. The molecule has 2 aromatic carbocycles. The summed E-state index contributed by atoms with van der Waals surface area (Å²) in [4.78, 5) is 0. The van der Waals surface area contributed by atoms with E-state index in [0.717, 1.165) is 17.2 Å². The Balaban J connectivity index is 1.93. The van der Waals surface area contributed by atoms with Gasteiger partial charge in [-0.1, -0.05) is 24.3 Å². The fourth-order valence-corrected chi connectivity index (χ4v) is 2.15. The minimum atomic E-state index is -4.43. The quantitative estimate of drug-likeness (QED) is 0.685. The lowest BCUT2D eigenvalue weighted by Gasteiger charge is -2.23. The van der Waals surface area contributed by atoms with Crippen molar-refractivity contribution < 1.29 is 22.3 Å². The second-order valence-corrected chi connectivity index (χ2v) is 4.70. The Morgan fingerprint density at radius 2 is 1.57 bits per heavy atom. The molecule has 1 aliphatic rings. The van der Waals surface area contributed by atoms with Crippen molar-refractivity contribution in [3.63, 3.8) is 0 Å². The summed E-state index contributed by atoms with van der Waals surface area (Å²) >= 11 is 0. The van der Waals surface area contributed by atoms with E-state index in [-0.39, 0.29) is 11.6 Å². The number of benzene rings is 2. The molecule has 108 valence electrons. The fraction of sp³-hybridized carbons (Fsp3) is 0.125.